The Bertz CT molecular complexity index is 832. The zero-order valence-corrected chi connectivity index (χ0v) is 15.0. The molecule has 0 aliphatic carbocycles. The molecule has 140 valence electrons. The first-order valence-electron chi connectivity index (χ1n) is 9.06. The third-order valence-electron chi connectivity index (χ3n) is 4.77. The average Bonchev–Trinajstić information content (AvgIpc) is 2.69. The van der Waals surface area contributed by atoms with Gasteiger partial charge >= 0.3 is 6.03 Å². The van der Waals surface area contributed by atoms with Crippen LogP contribution in [-0.2, 0) is 11.3 Å². The third kappa shape index (κ3) is 4.20. The van der Waals surface area contributed by atoms with Gasteiger partial charge in [-0.3, -0.25) is 9.69 Å². The van der Waals surface area contributed by atoms with E-state index in [1.165, 1.54) is 5.56 Å². The van der Waals surface area contributed by atoms with Crippen molar-refractivity contribution in [3.8, 4) is 5.75 Å². The van der Waals surface area contributed by atoms with Crippen molar-refractivity contribution in [3.05, 3.63) is 54.1 Å². The predicted octanol–water partition coefficient (Wildman–Crippen LogP) is 2.37. The van der Waals surface area contributed by atoms with Crippen LogP contribution >= 0.6 is 0 Å². The van der Waals surface area contributed by atoms with E-state index >= 15 is 0 Å². The summed E-state index contributed by atoms with van der Waals surface area (Å²) >= 11 is 0. The van der Waals surface area contributed by atoms with E-state index in [-0.39, 0.29) is 18.5 Å². The van der Waals surface area contributed by atoms with Crippen LogP contribution in [0, 0.1) is 0 Å². The lowest BCUT2D eigenvalue weighted by Gasteiger charge is -2.34. The van der Waals surface area contributed by atoms with Crippen molar-refractivity contribution in [1.82, 2.24) is 9.80 Å². The molecule has 4 rings (SSSR count). The van der Waals surface area contributed by atoms with E-state index < -0.39 is 0 Å². The molecule has 0 radical (unpaired) electrons. The number of nitrogens with zero attached hydrogens (tertiary/aromatic N) is 2. The highest BCUT2D eigenvalue weighted by atomic mass is 16.5. The van der Waals surface area contributed by atoms with Gasteiger partial charge < -0.3 is 20.3 Å². The number of carbonyl (C=O) groups excluding carboxylic acids is 2. The minimum atomic E-state index is -0.173. The fraction of sp³-hybridized carbons (Fsp3) is 0.300. The number of amides is 3. The lowest BCUT2D eigenvalue weighted by Crippen LogP contribution is -2.49. The SMILES string of the molecule is O=C1COc2cc(NC(=O)N3CCN(Cc4ccccc4)CC3)ccc2N1. The Morgan fingerprint density at radius 3 is 2.63 bits per heavy atom. The smallest absolute Gasteiger partial charge is 0.321 e. The summed E-state index contributed by atoms with van der Waals surface area (Å²) in [5.41, 5.74) is 2.57. The van der Waals surface area contributed by atoms with Gasteiger partial charge in [0.05, 0.1) is 5.69 Å². The molecule has 0 aromatic heterocycles. The summed E-state index contributed by atoms with van der Waals surface area (Å²) in [4.78, 5) is 28.0. The summed E-state index contributed by atoms with van der Waals surface area (Å²) in [5.74, 6) is 0.396. The van der Waals surface area contributed by atoms with Crippen LogP contribution in [0.15, 0.2) is 48.5 Å². The highest BCUT2D eigenvalue weighted by Crippen LogP contribution is 2.30. The van der Waals surface area contributed by atoms with Crippen molar-refractivity contribution in [3.63, 3.8) is 0 Å². The molecule has 27 heavy (non-hydrogen) atoms. The van der Waals surface area contributed by atoms with Gasteiger partial charge in [-0.25, -0.2) is 4.79 Å². The van der Waals surface area contributed by atoms with Crippen LogP contribution in [0.1, 0.15) is 5.56 Å². The number of nitrogens with one attached hydrogen (secondary N) is 2. The van der Waals surface area contributed by atoms with Gasteiger partial charge in [-0.2, -0.15) is 0 Å². The Morgan fingerprint density at radius 1 is 1.07 bits per heavy atom. The second-order valence-electron chi connectivity index (χ2n) is 6.73. The Hall–Kier alpha value is -3.06. The van der Waals surface area contributed by atoms with Crippen molar-refractivity contribution >= 4 is 23.3 Å². The molecule has 2 aromatic rings. The number of rotatable bonds is 3. The molecule has 2 aromatic carbocycles. The summed E-state index contributed by atoms with van der Waals surface area (Å²) < 4.78 is 5.39. The number of piperazine rings is 1. The average molecular weight is 366 g/mol. The first kappa shape index (κ1) is 17.4. The van der Waals surface area contributed by atoms with Gasteiger partial charge in [0, 0.05) is 44.5 Å². The number of fused-ring (bicyclic) bond motifs is 1. The Balaban J connectivity index is 1.30. The van der Waals surface area contributed by atoms with Crippen LogP contribution in [0.5, 0.6) is 5.75 Å². The quantitative estimate of drug-likeness (QED) is 0.875. The number of benzene rings is 2. The molecule has 3 amide bonds. The van der Waals surface area contributed by atoms with Gasteiger partial charge in [0.1, 0.15) is 5.75 Å². The summed E-state index contributed by atoms with van der Waals surface area (Å²) in [6, 6.07) is 15.5. The van der Waals surface area contributed by atoms with E-state index in [1.54, 1.807) is 18.2 Å². The van der Waals surface area contributed by atoms with Gasteiger partial charge in [-0.05, 0) is 17.7 Å². The standard InChI is InChI=1S/C20H22N4O3/c25-19-14-27-18-12-16(6-7-17(18)22-19)21-20(26)24-10-8-23(9-11-24)13-15-4-2-1-3-5-15/h1-7,12H,8-11,13-14H2,(H,21,26)(H,22,25). The maximum absolute atomic E-state index is 12.5. The normalized spacial score (nSPS) is 16.9. The Kier molecular flexibility index (Phi) is 4.93. The lowest BCUT2D eigenvalue weighted by molar-refractivity contribution is -0.118. The highest BCUT2D eigenvalue weighted by molar-refractivity contribution is 5.96. The summed E-state index contributed by atoms with van der Waals surface area (Å²) in [6.07, 6.45) is 0. The van der Waals surface area contributed by atoms with Gasteiger partial charge in [-0.15, -0.1) is 0 Å². The Morgan fingerprint density at radius 2 is 1.85 bits per heavy atom. The maximum Gasteiger partial charge on any atom is 0.321 e. The maximum atomic E-state index is 12.5. The molecule has 2 N–H and O–H groups in total. The van der Waals surface area contributed by atoms with Crippen molar-refractivity contribution < 1.29 is 14.3 Å². The second kappa shape index (κ2) is 7.67. The van der Waals surface area contributed by atoms with Crippen LogP contribution in [0.25, 0.3) is 0 Å². The van der Waals surface area contributed by atoms with E-state index in [9.17, 15) is 9.59 Å². The molecular formula is C20H22N4O3. The number of anilines is 2. The van der Waals surface area contributed by atoms with Crippen molar-refractivity contribution in [1.29, 1.82) is 0 Å². The fourth-order valence-corrected chi connectivity index (χ4v) is 3.31. The Labute approximate surface area is 157 Å². The summed E-state index contributed by atoms with van der Waals surface area (Å²) in [6.45, 7) is 3.98. The first-order valence-corrected chi connectivity index (χ1v) is 9.06. The monoisotopic (exact) mass is 366 g/mol. The molecule has 7 heteroatoms. The molecule has 1 fully saturated rings. The molecule has 7 nitrogen and oxygen atoms in total. The molecule has 0 unspecified atom stereocenters. The topological polar surface area (TPSA) is 73.9 Å². The van der Waals surface area contributed by atoms with Gasteiger partial charge in [0.15, 0.2) is 6.61 Å². The fourth-order valence-electron chi connectivity index (χ4n) is 3.31. The molecule has 2 aliphatic rings. The molecule has 2 heterocycles. The van der Waals surface area contributed by atoms with Gasteiger partial charge in [0.25, 0.3) is 5.91 Å². The lowest BCUT2D eigenvalue weighted by atomic mass is 10.2. The third-order valence-corrected chi connectivity index (χ3v) is 4.77. The van der Waals surface area contributed by atoms with Gasteiger partial charge in [-0.1, -0.05) is 30.3 Å². The van der Waals surface area contributed by atoms with Crippen LogP contribution in [0.4, 0.5) is 16.2 Å². The number of urea groups is 1. The van der Waals surface area contributed by atoms with Crippen LogP contribution in [0.2, 0.25) is 0 Å². The minimum absolute atomic E-state index is 0.00618. The minimum Gasteiger partial charge on any atom is -0.482 e. The molecule has 0 spiro atoms. The number of hydrogen-bond acceptors (Lipinski definition) is 4. The summed E-state index contributed by atoms with van der Waals surface area (Å²) in [5, 5.41) is 5.65. The first-order chi connectivity index (χ1) is 13.2. The molecule has 0 saturated carbocycles. The number of ether oxygens (including phenoxy) is 1. The highest BCUT2D eigenvalue weighted by Gasteiger charge is 2.22. The van der Waals surface area contributed by atoms with E-state index in [0.717, 1.165) is 19.6 Å². The van der Waals surface area contributed by atoms with E-state index in [2.05, 4.69) is 27.7 Å². The van der Waals surface area contributed by atoms with Crippen LogP contribution in [0.3, 0.4) is 0 Å². The van der Waals surface area contributed by atoms with Crippen molar-refractivity contribution in [2.75, 3.05) is 43.4 Å². The number of carbonyl (C=O) groups is 2. The molecule has 2 aliphatic heterocycles. The molecular weight excluding hydrogens is 344 g/mol. The zero-order chi connectivity index (χ0) is 18.6. The summed E-state index contributed by atoms with van der Waals surface area (Å²) in [7, 11) is 0. The number of hydrogen-bond donors (Lipinski definition) is 2. The van der Waals surface area contributed by atoms with E-state index in [4.69, 9.17) is 4.74 Å². The van der Waals surface area contributed by atoms with Crippen LogP contribution < -0.4 is 15.4 Å². The molecule has 1 saturated heterocycles. The predicted molar refractivity (Wildman–Crippen MR) is 103 cm³/mol. The van der Waals surface area contributed by atoms with Crippen molar-refractivity contribution in [2.45, 2.75) is 6.54 Å². The van der Waals surface area contributed by atoms with Crippen LogP contribution in [-0.4, -0.2) is 54.5 Å². The van der Waals surface area contributed by atoms with Gasteiger partial charge in [0.2, 0.25) is 0 Å². The van der Waals surface area contributed by atoms with E-state index in [1.807, 2.05) is 23.1 Å². The van der Waals surface area contributed by atoms with Crippen molar-refractivity contribution in [2.24, 2.45) is 0 Å². The largest absolute Gasteiger partial charge is 0.482 e. The van der Waals surface area contributed by atoms with E-state index in [0.29, 0.717) is 30.2 Å². The zero-order valence-electron chi connectivity index (χ0n) is 15.0. The molecule has 0 bridgehead atoms. The second-order valence-corrected chi connectivity index (χ2v) is 6.73. The molecule has 0 atom stereocenters.